The van der Waals surface area contributed by atoms with Crippen molar-refractivity contribution in [2.45, 2.75) is 37.8 Å². The second-order valence-electron chi connectivity index (χ2n) is 5.39. The van der Waals surface area contributed by atoms with E-state index in [0.29, 0.717) is 12.0 Å². The first-order valence-electron chi connectivity index (χ1n) is 6.93. The molecule has 0 aromatic heterocycles. The molecular weight excluding hydrogens is 226 g/mol. The first-order valence-corrected chi connectivity index (χ1v) is 6.93. The monoisotopic (exact) mass is 247 g/mol. The number of hydrogen-bond donors (Lipinski definition) is 1. The van der Waals surface area contributed by atoms with Crippen LogP contribution in [0.5, 0.6) is 5.75 Å². The van der Waals surface area contributed by atoms with E-state index in [9.17, 15) is 0 Å². The summed E-state index contributed by atoms with van der Waals surface area (Å²) in [6, 6.07) is 8.31. The highest BCUT2D eigenvalue weighted by atomic mass is 16.5. The van der Waals surface area contributed by atoms with Crippen molar-refractivity contribution in [1.29, 1.82) is 0 Å². The van der Waals surface area contributed by atoms with Gasteiger partial charge in [0.25, 0.3) is 0 Å². The Morgan fingerprint density at radius 1 is 1.28 bits per heavy atom. The summed E-state index contributed by atoms with van der Waals surface area (Å²) in [6.07, 6.45) is 5.10. The van der Waals surface area contributed by atoms with Crippen LogP contribution < -0.4 is 10.5 Å². The van der Waals surface area contributed by atoms with Crippen molar-refractivity contribution < 1.29 is 9.47 Å². The summed E-state index contributed by atoms with van der Waals surface area (Å²) in [5.74, 6) is 1.40. The molecule has 0 amide bonds. The van der Waals surface area contributed by atoms with Crippen LogP contribution in [0, 0.1) is 5.92 Å². The predicted molar refractivity (Wildman–Crippen MR) is 70.6 cm³/mol. The van der Waals surface area contributed by atoms with Gasteiger partial charge in [-0.05, 0) is 43.4 Å². The van der Waals surface area contributed by atoms with Crippen molar-refractivity contribution in [3.05, 3.63) is 29.8 Å². The van der Waals surface area contributed by atoms with Crippen LogP contribution in [0.1, 0.15) is 37.3 Å². The van der Waals surface area contributed by atoms with Crippen molar-refractivity contribution in [2.24, 2.45) is 11.7 Å². The van der Waals surface area contributed by atoms with Crippen LogP contribution in [0.3, 0.4) is 0 Å². The molecule has 3 rings (SSSR count). The summed E-state index contributed by atoms with van der Waals surface area (Å²) in [5.41, 5.74) is 7.52. The Morgan fingerprint density at radius 2 is 2.17 bits per heavy atom. The van der Waals surface area contributed by atoms with E-state index in [1.165, 1.54) is 18.4 Å². The molecule has 2 unspecified atom stereocenters. The van der Waals surface area contributed by atoms with Crippen LogP contribution in [-0.2, 0) is 4.74 Å². The van der Waals surface area contributed by atoms with Gasteiger partial charge in [-0.15, -0.1) is 0 Å². The van der Waals surface area contributed by atoms with Crippen molar-refractivity contribution in [2.75, 3.05) is 13.2 Å². The molecule has 1 saturated carbocycles. The van der Waals surface area contributed by atoms with E-state index < -0.39 is 0 Å². The zero-order valence-electron chi connectivity index (χ0n) is 10.7. The van der Waals surface area contributed by atoms with Crippen molar-refractivity contribution in [3.8, 4) is 5.75 Å². The summed E-state index contributed by atoms with van der Waals surface area (Å²) in [4.78, 5) is 0. The number of nitrogens with two attached hydrogens (primary N) is 1. The molecule has 0 radical (unpaired) electrons. The zero-order valence-corrected chi connectivity index (χ0v) is 10.7. The predicted octanol–water partition coefficient (Wildman–Crippen LogP) is 2.65. The summed E-state index contributed by atoms with van der Waals surface area (Å²) in [5, 5.41) is 0. The van der Waals surface area contributed by atoms with Gasteiger partial charge in [0.1, 0.15) is 5.75 Å². The molecule has 0 bridgehead atoms. The van der Waals surface area contributed by atoms with Gasteiger partial charge in [0.15, 0.2) is 0 Å². The van der Waals surface area contributed by atoms with Crippen LogP contribution in [0.4, 0.5) is 0 Å². The highest BCUT2D eigenvalue weighted by Crippen LogP contribution is 2.31. The average Bonchev–Trinajstić information content (AvgIpc) is 3.23. The highest BCUT2D eigenvalue weighted by Gasteiger charge is 2.25. The molecule has 1 aliphatic carbocycles. The third-order valence-corrected chi connectivity index (χ3v) is 3.77. The van der Waals surface area contributed by atoms with Gasteiger partial charge in [0, 0.05) is 18.6 Å². The number of rotatable bonds is 4. The molecular formula is C15H21NO2. The van der Waals surface area contributed by atoms with E-state index >= 15 is 0 Å². The molecule has 3 heteroatoms. The minimum atomic E-state index is 0.0630. The second-order valence-corrected chi connectivity index (χ2v) is 5.39. The Balaban J connectivity index is 1.69. The van der Waals surface area contributed by atoms with Gasteiger partial charge in [0.2, 0.25) is 0 Å². The molecule has 1 aromatic carbocycles. The van der Waals surface area contributed by atoms with E-state index in [0.717, 1.165) is 31.8 Å². The lowest BCUT2D eigenvalue weighted by molar-refractivity contribution is 0.0447. The fourth-order valence-corrected chi connectivity index (χ4v) is 2.49. The van der Waals surface area contributed by atoms with Gasteiger partial charge in [-0.1, -0.05) is 12.1 Å². The molecule has 18 heavy (non-hydrogen) atoms. The van der Waals surface area contributed by atoms with Crippen LogP contribution in [0.15, 0.2) is 24.3 Å². The zero-order chi connectivity index (χ0) is 12.4. The van der Waals surface area contributed by atoms with Gasteiger partial charge < -0.3 is 15.2 Å². The summed E-state index contributed by atoms with van der Waals surface area (Å²) >= 11 is 0. The van der Waals surface area contributed by atoms with Gasteiger partial charge >= 0.3 is 0 Å². The summed E-state index contributed by atoms with van der Waals surface area (Å²) in [7, 11) is 0. The van der Waals surface area contributed by atoms with Crippen molar-refractivity contribution in [1.82, 2.24) is 0 Å². The number of hydrogen-bond acceptors (Lipinski definition) is 3. The van der Waals surface area contributed by atoms with E-state index in [1.54, 1.807) is 0 Å². The normalized spacial score (nSPS) is 25.7. The molecule has 2 fully saturated rings. The minimum absolute atomic E-state index is 0.0630. The third-order valence-electron chi connectivity index (χ3n) is 3.77. The van der Waals surface area contributed by atoms with Crippen LogP contribution in [-0.4, -0.2) is 19.3 Å². The molecule has 2 atom stereocenters. The first kappa shape index (κ1) is 12.0. The molecule has 2 N–H and O–H groups in total. The number of ether oxygens (including phenoxy) is 2. The molecule has 1 heterocycles. The summed E-state index contributed by atoms with van der Waals surface area (Å²) < 4.78 is 11.3. The van der Waals surface area contributed by atoms with E-state index in [1.807, 2.05) is 12.1 Å². The molecule has 98 valence electrons. The highest BCUT2D eigenvalue weighted by molar-refractivity contribution is 5.31. The Morgan fingerprint density at radius 3 is 2.89 bits per heavy atom. The summed E-state index contributed by atoms with van der Waals surface area (Å²) in [6.45, 7) is 1.67. The number of benzene rings is 1. The maximum Gasteiger partial charge on any atom is 0.120 e. The lowest BCUT2D eigenvalue weighted by Gasteiger charge is -2.28. The van der Waals surface area contributed by atoms with Crippen molar-refractivity contribution >= 4 is 0 Å². The molecule has 1 saturated heterocycles. The molecule has 3 nitrogen and oxygen atoms in total. The van der Waals surface area contributed by atoms with E-state index in [4.69, 9.17) is 15.2 Å². The van der Waals surface area contributed by atoms with Gasteiger partial charge in [-0.2, -0.15) is 0 Å². The van der Waals surface area contributed by atoms with Crippen LogP contribution in [0.2, 0.25) is 0 Å². The van der Waals surface area contributed by atoms with Crippen LogP contribution in [0.25, 0.3) is 0 Å². The Hall–Kier alpha value is -1.06. The fourth-order valence-electron chi connectivity index (χ4n) is 2.49. The largest absolute Gasteiger partial charge is 0.490 e. The Kier molecular flexibility index (Phi) is 3.52. The van der Waals surface area contributed by atoms with E-state index in [-0.39, 0.29) is 6.04 Å². The quantitative estimate of drug-likeness (QED) is 0.889. The topological polar surface area (TPSA) is 44.5 Å². The smallest absolute Gasteiger partial charge is 0.120 e. The van der Waals surface area contributed by atoms with Gasteiger partial charge in [0.05, 0.1) is 12.7 Å². The maximum absolute atomic E-state index is 6.35. The van der Waals surface area contributed by atoms with Gasteiger partial charge in [-0.25, -0.2) is 0 Å². The lowest BCUT2D eigenvalue weighted by Crippen LogP contribution is -2.29. The average molecular weight is 247 g/mol. The van der Waals surface area contributed by atoms with Crippen molar-refractivity contribution in [3.63, 3.8) is 0 Å². The SMILES string of the molecule is NC(c1cccc(OC2CC2)c1)C1CCCOC1. The first-order chi connectivity index (χ1) is 8.83. The van der Waals surface area contributed by atoms with E-state index in [2.05, 4.69) is 12.1 Å². The molecule has 1 aromatic rings. The Labute approximate surface area is 108 Å². The van der Waals surface area contributed by atoms with Crippen LogP contribution >= 0.6 is 0 Å². The molecule has 0 spiro atoms. The minimum Gasteiger partial charge on any atom is -0.490 e. The van der Waals surface area contributed by atoms with Gasteiger partial charge in [-0.3, -0.25) is 0 Å². The standard InChI is InChI=1S/C15H21NO2/c16-15(12-4-2-8-17-10-12)11-3-1-5-14(9-11)18-13-6-7-13/h1,3,5,9,12-13,15H,2,4,6-8,10,16H2. The lowest BCUT2D eigenvalue weighted by atomic mass is 9.89. The second kappa shape index (κ2) is 5.29. The molecule has 2 aliphatic rings. The fraction of sp³-hybridized carbons (Fsp3) is 0.600. The third kappa shape index (κ3) is 2.85. The molecule has 1 aliphatic heterocycles. The maximum atomic E-state index is 6.35. The Bertz CT molecular complexity index is 397.